The number of rotatable bonds is 4. The van der Waals surface area contributed by atoms with Crippen LogP contribution >= 0.6 is 0 Å². The maximum absolute atomic E-state index is 5.69. The number of H-pyrrole nitrogens is 1. The van der Waals surface area contributed by atoms with Gasteiger partial charge < -0.3 is 20.5 Å². The first-order valence-corrected chi connectivity index (χ1v) is 5.02. The average molecular weight is 234 g/mol. The quantitative estimate of drug-likeness (QED) is 0.750. The van der Waals surface area contributed by atoms with Gasteiger partial charge in [0.15, 0.2) is 0 Å². The number of hydrogen-bond donors (Lipinski definition) is 3. The summed E-state index contributed by atoms with van der Waals surface area (Å²) in [6.45, 7) is 0. The number of nitrogens with two attached hydrogens (primary N) is 1. The minimum absolute atomic E-state index is 0.479. The topological polar surface area (TPSA) is 85.2 Å². The lowest BCUT2D eigenvalue weighted by Gasteiger charge is -2.09. The Morgan fingerprint density at radius 2 is 1.82 bits per heavy atom. The number of nitrogens with zero attached hydrogens (tertiary/aromatic N) is 1. The van der Waals surface area contributed by atoms with Gasteiger partial charge in [0.25, 0.3) is 0 Å². The molecule has 2 aromatic rings. The molecule has 0 bridgehead atoms. The van der Waals surface area contributed by atoms with Crippen LogP contribution in [-0.4, -0.2) is 24.4 Å². The third-order valence-electron chi connectivity index (χ3n) is 2.30. The van der Waals surface area contributed by atoms with E-state index in [1.165, 1.54) is 0 Å². The van der Waals surface area contributed by atoms with Gasteiger partial charge in [-0.3, -0.25) is 5.10 Å². The van der Waals surface area contributed by atoms with Crippen LogP contribution in [0.15, 0.2) is 24.4 Å². The minimum atomic E-state index is 0.479. The monoisotopic (exact) mass is 234 g/mol. The highest BCUT2D eigenvalue weighted by Crippen LogP contribution is 2.29. The third kappa shape index (κ3) is 2.41. The molecule has 0 aliphatic rings. The standard InChI is InChI=1S/C11H14N4O2/c1-16-8-3-7(4-9(5-8)17-2)14-10-6-13-15-11(10)12/h3-6,14H,1-2H3,(H3,12,13,15). The Morgan fingerprint density at radius 1 is 1.18 bits per heavy atom. The first kappa shape index (κ1) is 11.1. The molecule has 6 nitrogen and oxygen atoms in total. The Labute approximate surface area is 98.7 Å². The molecule has 0 atom stereocenters. The van der Waals surface area contributed by atoms with Crippen LogP contribution in [0.1, 0.15) is 0 Å². The Hall–Kier alpha value is -2.37. The predicted octanol–water partition coefficient (Wildman–Crippen LogP) is 1.75. The molecule has 0 fully saturated rings. The zero-order valence-corrected chi connectivity index (χ0v) is 9.65. The molecule has 0 unspecified atom stereocenters. The van der Waals surface area contributed by atoms with Crippen molar-refractivity contribution in [3.05, 3.63) is 24.4 Å². The molecule has 0 saturated heterocycles. The van der Waals surface area contributed by atoms with E-state index in [2.05, 4.69) is 15.5 Å². The fourth-order valence-electron chi connectivity index (χ4n) is 1.43. The van der Waals surface area contributed by atoms with Crippen LogP contribution in [0, 0.1) is 0 Å². The number of anilines is 3. The summed E-state index contributed by atoms with van der Waals surface area (Å²) in [7, 11) is 3.20. The zero-order valence-electron chi connectivity index (χ0n) is 9.65. The van der Waals surface area contributed by atoms with Crippen molar-refractivity contribution in [2.75, 3.05) is 25.3 Å². The summed E-state index contributed by atoms with van der Waals surface area (Å²) in [4.78, 5) is 0. The smallest absolute Gasteiger partial charge is 0.143 e. The Morgan fingerprint density at radius 3 is 2.29 bits per heavy atom. The summed E-state index contributed by atoms with van der Waals surface area (Å²) in [6.07, 6.45) is 1.61. The van der Waals surface area contributed by atoms with Crippen LogP contribution in [0.25, 0.3) is 0 Å². The molecular weight excluding hydrogens is 220 g/mol. The molecule has 1 aromatic heterocycles. The molecular formula is C11H14N4O2. The number of hydrogen-bond acceptors (Lipinski definition) is 5. The highest BCUT2D eigenvalue weighted by atomic mass is 16.5. The fourth-order valence-corrected chi connectivity index (χ4v) is 1.43. The Balaban J connectivity index is 2.29. The van der Waals surface area contributed by atoms with Gasteiger partial charge in [0.1, 0.15) is 23.0 Å². The van der Waals surface area contributed by atoms with E-state index in [0.29, 0.717) is 23.0 Å². The van der Waals surface area contributed by atoms with Gasteiger partial charge in [-0.15, -0.1) is 0 Å². The summed E-state index contributed by atoms with van der Waals surface area (Å²) in [5, 5.41) is 9.60. The van der Waals surface area contributed by atoms with Crippen molar-refractivity contribution in [3.8, 4) is 11.5 Å². The van der Waals surface area contributed by atoms with Crippen LogP contribution in [0.5, 0.6) is 11.5 Å². The first-order valence-electron chi connectivity index (χ1n) is 5.02. The summed E-state index contributed by atoms with van der Waals surface area (Å²) in [5.41, 5.74) is 7.21. The van der Waals surface area contributed by atoms with Crippen LogP contribution in [0.2, 0.25) is 0 Å². The highest BCUT2D eigenvalue weighted by molar-refractivity contribution is 5.70. The van der Waals surface area contributed by atoms with E-state index in [-0.39, 0.29) is 0 Å². The van der Waals surface area contributed by atoms with E-state index in [9.17, 15) is 0 Å². The molecule has 90 valence electrons. The molecule has 0 spiro atoms. The third-order valence-corrected chi connectivity index (χ3v) is 2.30. The van der Waals surface area contributed by atoms with Crippen molar-refractivity contribution in [3.63, 3.8) is 0 Å². The Bertz CT molecular complexity index is 488. The lowest BCUT2D eigenvalue weighted by Crippen LogP contribution is -1.95. The van der Waals surface area contributed by atoms with Crippen LogP contribution in [0.3, 0.4) is 0 Å². The highest BCUT2D eigenvalue weighted by Gasteiger charge is 2.05. The van der Waals surface area contributed by atoms with E-state index in [4.69, 9.17) is 15.2 Å². The largest absolute Gasteiger partial charge is 0.497 e. The van der Waals surface area contributed by atoms with E-state index < -0.39 is 0 Å². The molecule has 6 heteroatoms. The fraction of sp³-hybridized carbons (Fsp3) is 0.182. The predicted molar refractivity (Wildman–Crippen MR) is 65.8 cm³/mol. The SMILES string of the molecule is COc1cc(Nc2cn[nH]c2N)cc(OC)c1. The van der Waals surface area contributed by atoms with E-state index in [1.807, 2.05) is 12.1 Å². The van der Waals surface area contributed by atoms with Gasteiger partial charge in [-0.05, 0) is 0 Å². The molecule has 0 aliphatic carbocycles. The average Bonchev–Trinajstić information content (AvgIpc) is 2.74. The summed E-state index contributed by atoms with van der Waals surface area (Å²) < 4.78 is 10.3. The minimum Gasteiger partial charge on any atom is -0.497 e. The summed E-state index contributed by atoms with van der Waals surface area (Å²) >= 11 is 0. The van der Waals surface area contributed by atoms with Gasteiger partial charge in [0.05, 0.1) is 20.4 Å². The van der Waals surface area contributed by atoms with Gasteiger partial charge in [0, 0.05) is 23.9 Å². The lowest BCUT2D eigenvalue weighted by molar-refractivity contribution is 0.395. The van der Waals surface area contributed by atoms with Gasteiger partial charge in [-0.2, -0.15) is 5.10 Å². The van der Waals surface area contributed by atoms with Crippen LogP contribution in [0.4, 0.5) is 17.2 Å². The molecule has 0 aliphatic heterocycles. The number of aromatic nitrogens is 2. The molecule has 1 heterocycles. The van der Waals surface area contributed by atoms with Gasteiger partial charge in [-0.25, -0.2) is 0 Å². The zero-order chi connectivity index (χ0) is 12.3. The second-order valence-electron chi connectivity index (χ2n) is 3.42. The van der Waals surface area contributed by atoms with E-state index >= 15 is 0 Å². The molecule has 4 N–H and O–H groups in total. The van der Waals surface area contributed by atoms with Gasteiger partial charge in [-0.1, -0.05) is 0 Å². The molecule has 0 saturated carbocycles. The van der Waals surface area contributed by atoms with Crippen molar-refractivity contribution in [2.45, 2.75) is 0 Å². The Kier molecular flexibility index (Phi) is 3.04. The number of methoxy groups -OCH3 is 2. The molecule has 0 radical (unpaired) electrons. The second-order valence-corrected chi connectivity index (χ2v) is 3.42. The van der Waals surface area contributed by atoms with Crippen LogP contribution in [-0.2, 0) is 0 Å². The van der Waals surface area contributed by atoms with Crippen molar-refractivity contribution < 1.29 is 9.47 Å². The van der Waals surface area contributed by atoms with Gasteiger partial charge in [0.2, 0.25) is 0 Å². The number of aromatic amines is 1. The van der Waals surface area contributed by atoms with Crippen molar-refractivity contribution in [2.24, 2.45) is 0 Å². The summed E-state index contributed by atoms with van der Waals surface area (Å²) in [5.74, 6) is 1.88. The molecule has 0 amide bonds. The van der Waals surface area contributed by atoms with Crippen molar-refractivity contribution in [1.82, 2.24) is 10.2 Å². The maximum Gasteiger partial charge on any atom is 0.143 e. The number of ether oxygens (including phenoxy) is 2. The molecule has 1 aromatic carbocycles. The molecule has 17 heavy (non-hydrogen) atoms. The lowest BCUT2D eigenvalue weighted by atomic mass is 10.2. The number of nitrogens with one attached hydrogen (secondary N) is 2. The van der Waals surface area contributed by atoms with Gasteiger partial charge >= 0.3 is 0 Å². The van der Waals surface area contributed by atoms with Crippen molar-refractivity contribution >= 4 is 17.2 Å². The maximum atomic E-state index is 5.69. The summed E-state index contributed by atoms with van der Waals surface area (Å²) in [6, 6.07) is 5.48. The molecule has 2 rings (SSSR count). The van der Waals surface area contributed by atoms with Crippen molar-refractivity contribution in [1.29, 1.82) is 0 Å². The number of nitrogen functional groups attached to an aromatic ring is 1. The van der Waals surface area contributed by atoms with E-state index in [1.54, 1.807) is 26.5 Å². The van der Waals surface area contributed by atoms with Crippen LogP contribution < -0.4 is 20.5 Å². The second kappa shape index (κ2) is 4.65. The number of benzene rings is 1. The first-order chi connectivity index (χ1) is 8.22. The van der Waals surface area contributed by atoms with E-state index in [0.717, 1.165) is 5.69 Å². The normalized spacial score (nSPS) is 10.0.